The SMILES string of the molecule is CCC/C=C\C/C=C\CCCCCCCC(=O)OC(COC(=O)CCCCCCCC/C=C\C/C=C\C/C=C\CCCCC)COP(=O)(O)OCC(CO)OC(=O)CCCCCCCCCCC. The number of rotatable bonds is 50. The molecule has 0 aliphatic carbocycles. The molecule has 3 atom stereocenters. The Morgan fingerprint density at radius 2 is 0.750 bits per heavy atom. The number of hydrogen-bond donors (Lipinski definition) is 2. The molecule has 0 rings (SSSR count). The lowest BCUT2D eigenvalue weighted by atomic mass is 10.1. The topological polar surface area (TPSA) is 155 Å². The zero-order chi connectivity index (χ0) is 49.9. The van der Waals surface area contributed by atoms with Gasteiger partial charge in [-0.3, -0.25) is 23.4 Å². The first-order chi connectivity index (χ1) is 33.2. The molecule has 3 unspecified atom stereocenters. The molecule has 0 aromatic carbocycles. The normalized spacial score (nSPS) is 13.9. The van der Waals surface area contributed by atoms with E-state index in [0.29, 0.717) is 19.3 Å². The first kappa shape index (κ1) is 65.2. The van der Waals surface area contributed by atoms with Gasteiger partial charge in [-0.15, -0.1) is 0 Å². The van der Waals surface area contributed by atoms with Crippen molar-refractivity contribution >= 4 is 25.7 Å². The highest BCUT2D eigenvalue weighted by atomic mass is 31.2. The van der Waals surface area contributed by atoms with Gasteiger partial charge in [0.15, 0.2) is 6.10 Å². The van der Waals surface area contributed by atoms with Crippen molar-refractivity contribution in [1.82, 2.24) is 0 Å². The van der Waals surface area contributed by atoms with Crippen LogP contribution in [0, 0.1) is 0 Å². The van der Waals surface area contributed by atoms with E-state index in [1.54, 1.807) is 0 Å². The van der Waals surface area contributed by atoms with Crippen molar-refractivity contribution in [1.29, 1.82) is 0 Å². The Balaban J connectivity index is 4.74. The molecule has 68 heavy (non-hydrogen) atoms. The summed E-state index contributed by atoms with van der Waals surface area (Å²) in [4.78, 5) is 48.3. The third-order valence-corrected chi connectivity index (χ3v) is 12.3. The van der Waals surface area contributed by atoms with Crippen molar-refractivity contribution < 1.29 is 52.2 Å². The van der Waals surface area contributed by atoms with Crippen molar-refractivity contribution in [3.63, 3.8) is 0 Å². The predicted octanol–water partition coefficient (Wildman–Crippen LogP) is 15.6. The molecule has 0 saturated heterocycles. The lowest BCUT2D eigenvalue weighted by Gasteiger charge is -2.21. The fourth-order valence-corrected chi connectivity index (χ4v) is 8.01. The molecular weight excluding hydrogens is 880 g/mol. The number of hydrogen-bond acceptors (Lipinski definition) is 10. The third kappa shape index (κ3) is 48.2. The standard InChI is InChI=1S/C56H99O11P/c1-4-7-10-13-16-19-21-23-24-25-26-27-28-30-31-34-36-39-42-45-54(58)63-49-53(67-56(60)47-44-41-38-35-32-29-22-20-17-14-11-8-5-2)51-65-68(61,62)64-50-52(48-57)66-55(59)46-43-40-37-33-18-15-12-9-6-3/h11,14,16,19-20,22-24,26-27,52-53,57H,4-10,12-13,15,17-18,21,25,28-51H2,1-3H3,(H,61,62)/b14-11-,19-16-,22-20-,24-23-,27-26-. The van der Waals surface area contributed by atoms with Gasteiger partial charge in [0, 0.05) is 19.3 Å². The van der Waals surface area contributed by atoms with Crippen molar-refractivity contribution in [2.45, 2.75) is 251 Å². The van der Waals surface area contributed by atoms with Gasteiger partial charge >= 0.3 is 25.7 Å². The summed E-state index contributed by atoms with van der Waals surface area (Å²) >= 11 is 0. The van der Waals surface area contributed by atoms with E-state index in [-0.39, 0.29) is 25.9 Å². The lowest BCUT2D eigenvalue weighted by Crippen LogP contribution is -2.30. The van der Waals surface area contributed by atoms with Crippen LogP contribution in [0.1, 0.15) is 239 Å². The fourth-order valence-electron chi connectivity index (χ4n) is 7.22. The second-order valence-corrected chi connectivity index (χ2v) is 19.5. The largest absolute Gasteiger partial charge is 0.472 e. The predicted molar refractivity (Wildman–Crippen MR) is 279 cm³/mol. The van der Waals surface area contributed by atoms with Gasteiger partial charge in [-0.1, -0.05) is 197 Å². The van der Waals surface area contributed by atoms with Gasteiger partial charge in [-0.25, -0.2) is 4.57 Å². The number of carbonyl (C=O) groups is 3. The zero-order valence-corrected chi connectivity index (χ0v) is 44.2. The summed E-state index contributed by atoms with van der Waals surface area (Å²) in [7, 11) is -4.74. The minimum absolute atomic E-state index is 0.148. The molecular formula is C56H99O11P. The maximum absolute atomic E-state index is 12.8. The third-order valence-electron chi connectivity index (χ3n) is 11.4. The molecule has 0 amide bonds. The smallest absolute Gasteiger partial charge is 0.462 e. The second-order valence-electron chi connectivity index (χ2n) is 18.0. The number of unbranched alkanes of at least 4 members (excludes halogenated alkanes) is 23. The molecule has 2 N–H and O–H groups in total. The molecule has 0 bridgehead atoms. The molecule has 12 heteroatoms. The average molecular weight is 979 g/mol. The number of phosphoric ester groups is 1. The van der Waals surface area contributed by atoms with Crippen LogP contribution < -0.4 is 0 Å². The van der Waals surface area contributed by atoms with Crippen LogP contribution in [0.15, 0.2) is 60.8 Å². The lowest BCUT2D eigenvalue weighted by molar-refractivity contribution is -0.161. The Kier molecular flexibility index (Phi) is 48.5. The molecule has 0 aliphatic rings. The number of ether oxygens (including phenoxy) is 3. The molecule has 0 aromatic heterocycles. The van der Waals surface area contributed by atoms with Crippen molar-refractivity contribution in [2.75, 3.05) is 26.4 Å². The van der Waals surface area contributed by atoms with Crippen molar-refractivity contribution in [2.24, 2.45) is 0 Å². The van der Waals surface area contributed by atoms with Gasteiger partial charge < -0.3 is 24.2 Å². The number of aliphatic hydroxyl groups excluding tert-OH is 1. The van der Waals surface area contributed by atoms with E-state index in [9.17, 15) is 28.9 Å². The first-order valence-corrected chi connectivity index (χ1v) is 28.7. The monoisotopic (exact) mass is 979 g/mol. The number of carbonyl (C=O) groups excluding carboxylic acids is 3. The maximum Gasteiger partial charge on any atom is 0.472 e. The fraction of sp³-hybridized carbons (Fsp3) is 0.768. The summed E-state index contributed by atoms with van der Waals surface area (Å²) < 4.78 is 39.3. The number of phosphoric acid groups is 1. The van der Waals surface area contributed by atoms with Gasteiger partial charge in [-0.05, 0) is 83.5 Å². The Morgan fingerprint density at radius 3 is 1.19 bits per heavy atom. The van der Waals surface area contributed by atoms with Crippen LogP contribution in [-0.4, -0.2) is 66.5 Å². The van der Waals surface area contributed by atoms with E-state index < -0.39 is 57.8 Å². The molecule has 0 aromatic rings. The Bertz CT molecular complexity index is 1370. The van der Waals surface area contributed by atoms with E-state index in [2.05, 4.69) is 81.5 Å². The summed E-state index contributed by atoms with van der Waals surface area (Å²) in [6.07, 6.45) is 53.3. The molecule has 0 heterocycles. The van der Waals surface area contributed by atoms with Crippen LogP contribution in [0.2, 0.25) is 0 Å². The quantitative estimate of drug-likeness (QED) is 0.0197. The van der Waals surface area contributed by atoms with Crippen LogP contribution in [0.4, 0.5) is 0 Å². The van der Waals surface area contributed by atoms with Gasteiger partial charge in [0.2, 0.25) is 0 Å². The Labute approximate surface area is 415 Å². The molecule has 11 nitrogen and oxygen atoms in total. The van der Waals surface area contributed by atoms with Crippen LogP contribution in [-0.2, 0) is 42.2 Å². The number of esters is 3. The van der Waals surface area contributed by atoms with Crippen LogP contribution >= 0.6 is 7.82 Å². The summed E-state index contributed by atoms with van der Waals surface area (Å²) in [6.45, 7) is 4.49. The van der Waals surface area contributed by atoms with E-state index in [0.717, 1.165) is 122 Å². The van der Waals surface area contributed by atoms with Crippen molar-refractivity contribution in [3.05, 3.63) is 60.8 Å². The van der Waals surface area contributed by atoms with E-state index >= 15 is 0 Å². The maximum atomic E-state index is 12.8. The zero-order valence-electron chi connectivity index (χ0n) is 43.3. The summed E-state index contributed by atoms with van der Waals surface area (Å²) in [5.74, 6) is -1.49. The number of allylic oxidation sites excluding steroid dienone is 10. The second kappa shape index (κ2) is 50.6. The van der Waals surface area contributed by atoms with Gasteiger partial charge in [0.1, 0.15) is 12.7 Å². The molecule has 0 aliphatic heterocycles. The summed E-state index contributed by atoms with van der Waals surface area (Å²) in [5.41, 5.74) is 0. The average Bonchev–Trinajstić information content (AvgIpc) is 3.32. The van der Waals surface area contributed by atoms with Crippen LogP contribution in [0.3, 0.4) is 0 Å². The van der Waals surface area contributed by atoms with Gasteiger partial charge in [-0.2, -0.15) is 0 Å². The minimum Gasteiger partial charge on any atom is -0.462 e. The van der Waals surface area contributed by atoms with Gasteiger partial charge in [0.25, 0.3) is 0 Å². The summed E-state index contributed by atoms with van der Waals surface area (Å²) in [6, 6.07) is 0. The minimum atomic E-state index is -4.74. The van der Waals surface area contributed by atoms with E-state index in [1.165, 1.54) is 57.8 Å². The van der Waals surface area contributed by atoms with Crippen LogP contribution in [0.5, 0.6) is 0 Å². The highest BCUT2D eigenvalue weighted by Gasteiger charge is 2.28. The molecule has 394 valence electrons. The molecule has 0 fully saturated rings. The highest BCUT2D eigenvalue weighted by Crippen LogP contribution is 2.43. The first-order valence-electron chi connectivity index (χ1n) is 27.2. The molecule has 0 spiro atoms. The summed E-state index contributed by atoms with van der Waals surface area (Å²) in [5, 5.41) is 9.75. The van der Waals surface area contributed by atoms with E-state index in [4.69, 9.17) is 23.3 Å². The van der Waals surface area contributed by atoms with E-state index in [1.807, 2.05) is 0 Å². The molecule has 0 saturated carbocycles. The molecule has 0 radical (unpaired) electrons. The van der Waals surface area contributed by atoms with Gasteiger partial charge in [0.05, 0.1) is 19.8 Å². The Hall–Kier alpha value is -2.82. The highest BCUT2D eigenvalue weighted by molar-refractivity contribution is 7.47. The Morgan fingerprint density at radius 1 is 0.412 bits per heavy atom. The van der Waals surface area contributed by atoms with Crippen molar-refractivity contribution in [3.8, 4) is 0 Å². The number of aliphatic hydroxyl groups is 1. The van der Waals surface area contributed by atoms with Crippen LogP contribution in [0.25, 0.3) is 0 Å².